The molecule has 140 valence electrons. The maximum absolute atomic E-state index is 12.1. The van der Waals surface area contributed by atoms with E-state index in [1.165, 1.54) is 24.6 Å². The predicted molar refractivity (Wildman–Crippen MR) is 107 cm³/mol. The number of carbonyl (C=O) groups is 1. The summed E-state index contributed by atoms with van der Waals surface area (Å²) in [7, 11) is 0. The number of aromatic nitrogens is 3. The molecule has 1 saturated carbocycles. The predicted octanol–water partition coefficient (Wildman–Crippen LogP) is 4.72. The van der Waals surface area contributed by atoms with Crippen LogP contribution in [0.5, 0.6) is 0 Å². The van der Waals surface area contributed by atoms with Crippen molar-refractivity contribution in [2.24, 2.45) is 0 Å². The van der Waals surface area contributed by atoms with Gasteiger partial charge in [-0.2, -0.15) is 0 Å². The van der Waals surface area contributed by atoms with Crippen molar-refractivity contribution in [3.05, 3.63) is 29.3 Å². The van der Waals surface area contributed by atoms with Crippen LogP contribution in [0, 0.1) is 0 Å². The minimum atomic E-state index is 0.0321. The fourth-order valence-corrected chi connectivity index (χ4v) is 4.28. The van der Waals surface area contributed by atoms with Crippen molar-refractivity contribution in [2.45, 2.75) is 63.2 Å². The van der Waals surface area contributed by atoms with Crippen LogP contribution in [0.1, 0.15) is 52.0 Å². The largest absolute Gasteiger partial charge is 0.353 e. The van der Waals surface area contributed by atoms with Gasteiger partial charge in [0.05, 0.1) is 10.8 Å². The number of nitrogens with one attached hydrogen (secondary N) is 1. The molecule has 1 aliphatic carbocycles. The summed E-state index contributed by atoms with van der Waals surface area (Å²) >= 11 is 7.85. The Hall–Kier alpha value is -1.53. The number of hydrogen-bond acceptors (Lipinski definition) is 4. The lowest BCUT2D eigenvalue weighted by Crippen LogP contribution is -2.33. The van der Waals surface area contributed by atoms with Crippen LogP contribution in [0.25, 0.3) is 11.4 Å². The third-order valence-corrected chi connectivity index (χ3v) is 6.09. The Morgan fingerprint density at radius 1 is 1.35 bits per heavy atom. The highest BCUT2D eigenvalue weighted by Gasteiger charge is 2.26. The lowest BCUT2D eigenvalue weighted by atomic mass is 10.2. The zero-order valence-corrected chi connectivity index (χ0v) is 16.8. The average molecular weight is 393 g/mol. The molecular weight excluding hydrogens is 368 g/mol. The van der Waals surface area contributed by atoms with E-state index in [4.69, 9.17) is 11.6 Å². The topological polar surface area (TPSA) is 59.8 Å². The molecule has 1 aromatic carbocycles. The molecule has 0 radical (unpaired) electrons. The summed E-state index contributed by atoms with van der Waals surface area (Å²) in [6.45, 7) is 4.07. The van der Waals surface area contributed by atoms with Crippen LogP contribution in [-0.2, 0) is 4.79 Å². The summed E-state index contributed by atoms with van der Waals surface area (Å²) < 4.78 is 2.19. The third kappa shape index (κ3) is 4.41. The van der Waals surface area contributed by atoms with E-state index in [0.717, 1.165) is 35.8 Å². The standard InChI is InChI=1S/C19H25ClN4OS/c1-3-13(2)21-17(25)12-26-19-23-22-18(15-10-6-7-11-16(15)20)24(19)14-8-4-5-9-14/h6-7,10-11,13-14H,3-5,8-9,12H2,1-2H3,(H,21,25). The van der Waals surface area contributed by atoms with Crippen molar-refractivity contribution in [3.63, 3.8) is 0 Å². The van der Waals surface area contributed by atoms with Crippen molar-refractivity contribution in [3.8, 4) is 11.4 Å². The Morgan fingerprint density at radius 3 is 2.77 bits per heavy atom. The second-order valence-electron chi connectivity index (χ2n) is 6.76. The molecule has 1 atom stereocenters. The van der Waals surface area contributed by atoms with E-state index in [1.54, 1.807) is 0 Å². The molecule has 1 aliphatic rings. The summed E-state index contributed by atoms with van der Waals surface area (Å²) in [6.07, 6.45) is 5.57. The molecule has 1 heterocycles. The van der Waals surface area contributed by atoms with Crippen LogP contribution in [0.2, 0.25) is 5.02 Å². The van der Waals surface area contributed by atoms with Crippen LogP contribution in [0.15, 0.2) is 29.4 Å². The highest BCUT2D eigenvalue weighted by molar-refractivity contribution is 7.99. The fourth-order valence-electron chi connectivity index (χ4n) is 3.24. The first-order chi connectivity index (χ1) is 12.6. The molecule has 1 amide bonds. The van der Waals surface area contributed by atoms with Gasteiger partial charge in [-0.3, -0.25) is 9.36 Å². The van der Waals surface area contributed by atoms with E-state index in [9.17, 15) is 4.79 Å². The average Bonchev–Trinajstić information content (AvgIpc) is 3.29. The Kier molecular flexibility index (Phi) is 6.59. The van der Waals surface area contributed by atoms with Gasteiger partial charge in [0, 0.05) is 17.6 Å². The van der Waals surface area contributed by atoms with Gasteiger partial charge in [-0.1, -0.05) is 55.3 Å². The highest BCUT2D eigenvalue weighted by Crippen LogP contribution is 2.38. The Balaban J connectivity index is 1.84. The molecular formula is C19H25ClN4OS. The molecule has 1 N–H and O–H groups in total. The van der Waals surface area contributed by atoms with E-state index in [1.807, 2.05) is 31.2 Å². The van der Waals surface area contributed by atoms with Crippen molar-refractivity contribution in [1.82, 2.24) is 20.1 Å². The molecule has 5 nitrogen and oxygen atoms in total. The number of amides is 1. The Bertz CT molecular complexity index is 758. The first-order valence-electron chi connectivity index (χ1n) is 9.22. The second-order valence-corrected chi connectivity index (χ2v) is 8.11. The molecule has 0 spiro atoms. The van der Waals surface area contributed by atoms with Gasteiger partial charge in [-0.05, 0) is 38.3 Å². The smallest absolute Gasteiger partial charge is 0.230 e. The zero-order valence-electron chi connectivity index (χ0n) is 15.2. The van der Waals surface area contributed by atoms with Gasteiger partial charge in [-0.15, -0.1) is 10.2 Å². The minimum Gasteiger partial charge on any atom is -0.353 e. The molecule has 1 aromatic heterocycles. The van der Waals surface area contributed by atoms with E-state index < -0.39 is 0 Å². The summed E-state index contributed by atoms with van der Waals surface area (Å²) in [5, 5.41) is 13.3. The first kappa shape index (κ1) is 19.2. The number of carbonyl (C=O) groups excluding carboxylic acids is 1. The number of nitrogens with zero attached hydrogens (tertiary/aromatic N) is 3. The molecule has 3 rings (SSSR count). The van der Waals surface area contributed by atoms with Crippen LogP contribution < -0.4 is 5.32 Å². The van der Waals surface area contributed by atoms with Gasteiger partial charge in [0.1, 0.15) is 0 Å². The maximum Gasteiger partial charge on any atom is 0.230 e. The molecule has 2 aromatic rings. The molecule has 7 heteroatoms. The van der Waals surface area contributed by atoms with E-state index >= 15 is 0 Å². The number of thioether (sulfide) groups is 1. The highest BCUT2D eigenvalue weighted by atomic mass is 35.5. The summed E-state index contributed by atoms with van der Waals surface area (Å²) in [6, 6.07) is 8.28. The van der Waals surface area contributed by atoms with Gasteiger partial charge in [0.25, 0.3) is 0 Å². The lowest BCUT2D eigenvalue weighted by Gasteiger charge is -2.17. The Labute approximate surface area is 163 Å². The SMILES string of the molecule is CCC(C)NC(=O)CSc1nnc(-c2ccccc2Cl)n1C1CCCC1. The third-order valence-electron chi connectivity index (χ3n) is 4.82. The maximum atomic E-state index is 12.1. The van der Waals surface area contributed by atoms with Crippen molar-refractivity contribution in [2.75, 3.05) is 5.75 Å². The van der Waals surface area contributed by atoms with Crippen LogP contribution in [0.4, 0.5) is 0 Å². The van der Waals surface area contributed by atoms with Gasteiger partial charge in [0.2, 0.25) is 5.91 Å². The van der Waals surface area contributed by atoms with E-state index in [-0.39, 0.29) is 11.9 Å². The van der Waals surface area contributed by atoms with Crippen molar-refractivity contribution in [1.29, 1.82) is 0 Å². The van der Waals surface area contributed by atoms with Gasteiger partial charge in [-0.25, -0.2) is 0 Å². The molecule has 0 bridgehead atoms. The minimum absolute atomic E-state index is 0.0321. The van der Waals surface area contributed by atoms with Crippen molar-refractivity contribution >= 4 is 29.3 Å². The summed E-state index contributed by atoms with van der Waals surface area (Å²) in [5.41, 5.74) is 0.893. The van der Waals surface area contributed by atoms with Crippen LogP contribution in [0.3, 0.4) is 0 Å². The van der Waals surface area contributed by atoms with Gasteiger partial charge < -0.3 is 5.32 Å². The Morgan fingerprint density at radius 2 is 2.08 bits per heavy atom. The number of rotatable bonds is 7. The summed E-state index contributed by atoms with van der Waals surface area (Å²) in [5.74, 6) is 1.18. The molecule has 1 unspecified atom stereocenters. The normalized spacial score (nSPS) is 16.0. The van der Waals surface area contributed by atoms with Crippen molar-refractivity contribution < 1.29 is 4.79 Å². The molecule has 26 heavy (non-hydrogen) atoms. The number of benzene rings is 1. The first-order valence-corrected chi connectivity index (χ1v) is 10.6. The zero-order chi connectivity index (χ0) is 18.5. The van der Waals surface area contributed by atoms with Gasteiger partial charge >= 0.3 is 0 Å². The number of halogens is 1. The van der Waals surface area contributed by atoms with Gasteiger partial charge in [0.15, 0.2) is 11.0 Å². The molecule has 0 saturated heterocycles. The molecule has 0 aliphatic heterocycles. The van der Waals surface area contributed by atoms with E-state index in [2.05, 4.69) is 27.0 Å². The molecule has 1 fully saturated rings. The summed E-state index contributed by atoms with van der Waals surface area (Å²) in [4.78, 5) is 12.1. The fraction of sp³-hybridized carbons (Fsp3) is 0.526. The van der Waals surface area contributed by atoms with Crippen LogP contribution in [-0.4, -0.2) is 32.5 Å². The quantitative estimate of drug-likeness (QED) is 0.692. The lowest BCUT2D eigenvalue weighted by molar-refractivity contribution is -0.119. The monoisotopic (exact) mass is 392 g/mol. The second kappa shape index (κ2) is 8.91. The van der Waals surface area contributed by atoms with E-state index in [0.29, 0.717) is 16.8 Å². The number of hydrogen-bond donors (Lipinski definition) is 1. The van der Waals surface area contributed by atoms with Crippen LogP contribution >= 0.6 is 23.4 Å².